The average molecular weight is 494 g/mol. The first-order valence-electron chi connectivity index (χ1n) is 9.63. The summed E-state index contributed by atoms with van der Waals surface area (Å²) in [6, 6.07) is 8.66. The van der Waals surface area contributed by atoms with Gasteiger partial charge in [-0.2, -0.15) is 0 Å². The van der Waals surface area contributed by atoms with Gasteiger partial charge in [-0.25, -0.2) is 18.6 Å². The lowest BCUT2D eigenvalue weighted by Gasteiger charge is -2.17. The largest absolute Gasteiger partial charge is 0.451 e. The van der Waals surface area contributed by atoms with Gasteiger partial charge < -0.3 is 10.1 Å². The summed E-state index contributed by atoms with van der Waals surface area (Å²) in [5.41, 5.74) is 0.883. The van der Waals surface area contributed by atoms with Crippen molar-refractivity contribution >= 4 is 45.9 Å². The van der Waals surface area contributed by atoms with Crippen LogP contribution in [0.3, 0.4) is 0 Å². The van der Waals surface area contributed by atoms with E-state index in [2.05, 4.69) is 15.6 Å². The lowest BCUT2D eigenvalue weighted by molar-refractivity contribution is -0.154. The van der Waals surface area contributed by atoms with Crippen molar-refractivity contribution in [3.05, 3.63) is 70.1 Å². The van der Waals surface area contributed by atoms with Crippen molar-refractivity contribution in [1.82, 2.24) is 10.3 Å². The van der Waals surface area contributed by atoms with Gasteiger partial charge in [-0.3, -0.25) is 14.9 Å². The Bertz CT molecular complexity index is 1200. The molecule has 0 unspecified atom stereocenters. The van der Waals surface area contributed by atoms with Crippen LogP contribution < -0.4 is 10.6 Å². The topological polar surface area (TPSA) is 97.4 Å². The summed E-state index contributed by atoms with van der Waals surface area (Å²) in [6.45, 7) is 2.77. The summed E-state index contributed by atoms with van der Waals surface area (Å²) in [6.07, 6.45) is -1.19. The smallest absolute Gasteiger partial charge is 0.329 e. The molecule has 11 heteroatoms. The average Bonchev–Trinajstić information content (AvgIpc) is 3.24. The SMILES string of the molecule is C[C@H](NC(=O)c1ccccc1Cl)C(=O)O[C@@H](C)C(=O)Nc1nc(-c2ccc(F)c(F)c2)cs1. The fourth-order valence-corrected chi connectivity index (χ4v) is 3.58. The van der Waals surface area contributed by atoms with Gasteiger partial charge in [-0.15, -0.1) is 11.3 Å². The Balaban J connectivity index is 1.55. The molecule has 0 saturated carbocycles. The summed E-state index contributed by atoms with van der Waals surface area (Å²) in [5, 5.41) is 6.93. The predicted molar refractivity (Wildman–Crippen MR) is 120 cm³/mol. The van der Waals surface area contributed by atoms with E-state index in [4.69, 9.17) is 16.3 Å². The minimum atomic E-state index is -1.19. The molecule has 33 heavy (non-hydrogen) atoms. The van der Waals surface area contributed by atoms with Gasteiger partial charge in [0.1, 0.15) is 6.04 Å². The summed E-state index contributed by atoms with van der Waals surface area (Å²) >= 11 is 7.03. The number of carbonyl (C=O) groups excluding carboxylic acids is 3. The quantitative estimate of drug-likeness (QED) is 0.474. The van der Waals surface area contributed by atoms with Crippen LogP contribution in [-0.4, -0.2) is 34.9 Å². The highest BCUT2D eigenvalue weighted by Crippen LogP contribution is 2.26. The third-order valence-corrected chi connectivity index (χ3v) is 5.52. The van der Waals surface area contributed by atoms with Crippen LogP contribution in [0.25, 0.3) is 11.3 Å². The molecule has 3 aromatic rings. The van der Waals surface area contributed by atoms with E-state index in [-0.39, 0.29) is 15.7 Å². The molecule has 0 aliphatic carbocycles. The fraction of sp³-hybridized carbons (Fsp3) is 0.182. The molecule has 0 spiro atoms. The number of aromatic nitrogens is 1. The number of esters is 1. The maximum atomic E-state index is 13.4. The molecule has 7 nitrogen and oxygen atoms in total. The first-order valence-corrected chi connectivity index (χ1v) is 10.9. The van der Waals surface area contributed by atoms with E-state index >= 15 is 0 Å². The molecule has 0 aliphatic rings. The van der Waals surface area contributed by atoms with Gasteiger partial charge in [0.2, 0.25) is 0 Å². The van der Waals surface area contributed by atoms with Gasteiger partial charge in [0.25, 0.3) is 11.8 Å². The van der Waals surface area contributed by atoms with Crippen molar-refractivity contribution in [1.29, 1.82) is 0 Å². The van der Waals surface area contributed by atoms with Crippen molar-refractivity contribution < 1.29 is 27.9 Å². The zero-order valence-electron chi connectivity index (χ0n) is 17.4. The Morgan fingerprint density at radius 2 is 1.82 bits per heavy atom. The number of benzene rings is 2. The van der Waals surface area contributed by atoms with E-state index in [0.29, 0.717) is 11.3 Å². The van der Waals surface area contributed by atoms with E-state index < -0.39 is 41.6 Å². The highest BCUT2D eigenvalue weighted by atomic mass is 35.5. The summed E-state index contributed by atoms with van der Waals surface area (Å²) in [4.78, 5) is 41.1. The van der Waals surface area contributed by atoms with Gasteiger partial charge in [-0.05, 0) is 44.2 Å². The van der Waals surface area contributed by atoms with Crippen molar-refractivity contribution in [2.75, 3.05) is 5.32 Å². The normalized spacial score (nSPS) is 12.5. The summed E-state index contributed by atoms with van der Waals surface area (Å²) in [5.74, 6) is -4.02. The second-order valence-corrected chi connectivity index (χ2v) is 8.18. The zero-order valence-corrected chi connectivity index (χ0v) is 19.0. The van der Waals surface area contributed by atoms with E-state index in [9.17, 15) is 23.2 Å². The van der Waals surface area contributed by atoms with Crippen molar-refractivity contribution in [3.63, 3.8) is 0 Å². The van der Waals surface area contributed by atoms with Crippen LogP contribution in [0.4, 0.5) is 13.9 Å². The molecule has 2 N–H and O–H groups in total. The number of nitrogens with zero attached hydrogens (tertiary/aromatic N) is 1. The molecule has 2 atom stereocenters. The number of hydrogen-bond donors (Lipinski definition) is 2. The molecular weight excluding hydrogens is 476 g/mol. The Kier molecular flexibility index (Phi) is 7.72. The van der Waals surface area contributed by atoms with Crippen LogP contribution in [0, 0.1) is 11.6 Å². The van der Waals surface area contributed by atoms with Gasteiger partial charge in [-0.1, -0.05) is 23.7 Å². The van der Waals surface area contributed by atoms with Crippen LogP contribution in [0.5, 0.6) is 0 Å². The van der Waals surface area contributed by atoms with E-state index in [1.165, 1.54) is 26.0 Å². The molecule has 172 valence electrons. The van der Waals surface area contributed by atoms with Crippen LogP contribution >= 0.6 is 22.9 Å². The number of amides is 2. The number of thiazole rings is 1. The molecule has 1 aromatic heterocycles. The number of anilines is 1. The Hall–Kier alpha value is -3.37. The lowest BCUT2D eigenvalue weighted by Crippen LogP contribution is -2.42. The van der Waals surface area contributed by atoms with E-state index in [0.717, 1.165) is 23.5 Å². The molecule has 0 saturated heterocycles. The van der Waals surface area contributed by atoms with Crippen LogP contribution in [0.15, 0.2) is 47.8 Å². The third-order valence-electron chi connectivity index (χ3n) is 4.43. The molecule has 0 fully saturated rings. The molecule has 3 rings (SSSR count). The minimum absolute atomic E-state index is 0.183. The van der Waals surface area contributed by atoms with Crippen LogP contribution in [0.1, 0.15) is 24.2 Å². The number of halogens is 3. The van der Waals surface area contributed by atoms with Gasteiger partial charge in [0.05, 0.1) is 16.3 Å². The van der Waals surface area contributed by atoms with Crippen molar-refractivity contribution in [2.24, 2.45) is 0 Å². The molecule has 0 radical (unpaired) electrons. The number of rotatable bonds is 7. The van der Waals surface area contributed by atoms with Gasteiger partial charge in [0, 0.05) is 10.9 Å². The summed E-state index contributed by atoms with van der Waals surface area (Å²) in [7, 11) is 0. The van der Waals surface area contributed by atoms with Crippen LogP contribution in [0.2, 0.25) is 5.02 Å². The zero-order chi connectivity index (χ0) is 24.1. The first-order chi connectivity index (χ1) is 15.7. The molecule has 0 aliphatic heterocycles. The first kappa shape index (κ1) is 24.3. The number of ether oxygens (including phenoxy) is 1. The summed E-state index contributed by atoms with van der Waals surface area (Å²) < 4.78 is 31.6. The number of nitrogens with one attached hydrogen (secondary N) is 2. The lowest BCUT2D eigenvalue weighted by atomic mass is 10.2. The second kappa shape index (κ2) is 10.5. The maximum Gasteiger partial charge on any atom is 0.329 e. The number of hydrogen-bond acceptors (Lipinski definition) is 6. The monoisotopic (exact) mass is 493 g/mol. The predicted octanol–water partition coefficient (Wildman–Crippen LogP) is 4.43. The Labute approximate surface area is 196 Å². The third kappa shape index (κ3) is 6.11. The molecular formula is C22H18ClF2N3O4S. The van der Waals surface area contributed by atoms with E-state index in [1.54, 1.807) is 23.6 Å². The van der Waals surface area contributed by atoms with Crippen molar-refractivity contribution in [3.8, 4) is 11.3 Å². The van der Waals surface area contributed by atoms with E-state index in [1.807, 2.05) is 0 Å². The Morgan fingerprint density at radius 1 is 1.09 bits per heavy atom. The number of carbonyl (C=O) groups is 3. The maximum absolute atomic E-state index is 13.4. The highest BCUT2D eigenvalue weighted by Gasteiger charge is 2.24. The van der Waals surface area contributed by atoms with Crippen molar-refractivity contribution in [2.45, 2.75) is 26.0 Å². The standard InChI is InChI=1S/C22H18ClF2N3O4S/c1-11(26-20(30)14-5-3-4-6-15(14)23)21(31)32-12(2)19(29)28-22-27-18(10-33-22)13-7-8-16(24)17(25)9-13/h3-12H,1-2H3,(H,26,30)(H,27,28,29)/t11-,12-/m0/s1. The van der Waals surface area contributed by atoms with Gasteiger partial charge >= 0.3 is 5.97 Å². The highest BCUT2D eigenvalue weighted by molar-refractivity contribution is 7.14. The molecule has 0 bridgehead atoms. The minimum Gasteiger partial charge on any atom is -0.451 e. The van der Waals surface area contributed by atoms with Gasteiger partial charge in [0.15, 0.2) is 22.9 Å². The Morgan fingerprint density at radius 3 is 2.52 bits per heavy atom. The molecule has 2 aromatic carbocycles. The second-order valence-electron chi connectivity index (χ2n) is 6.91. The van der Waals surface area contributed by atoms with Crippen LogP contribution in [-0.2, 0) is 14.3 Å². The molecule has 1 heterocycles. The fourth-order valence-electron chi connectivity index (χ4n) is 2.63. The molecule has 2 amide bonds.